The molecule has 3 heteroatoms. The molecule has 0 amide bonds. The summed E-state index contributed by atoms with van der Waals surface area (Å²) in [5.74, 6) is 0.859. The van der Waals surface area contributed by atoms with Gasteiger partial charge < -0.3 is 10.5 Å². The Morgan fingerprint density at radius 1 is 1.36 bits per heavy atom. The molecular formula is C11H16BrNO. The third-order valence-corrected chi connectivity index (χ3v) is 3.29. The summed E-state index contributed by atoms with van der Waals surface area (Å²) in [4.78, 5) is 0. The predicted octanol–water partition coefficient (Wildman–Crippen LogP) is 3.09. The fourth-order valence-corrected chi connectivity index (χ4v) is 2.20. The maximum atomic E-state index is 5.91. The Bertz CT molecular complexity index is 348. The van der Waals surface area contributed by atoms with Crippen LogP contribution < -0.4 is 10.5 Å². The van der Waals surface area contributed by atoms with Gasteiger partial charge in [-0.15, -0.1) is 0 Å². The average molecular weight is 258 g/mol. The highest BCUT2D eigenvalue weighted by atomic mass is 79.9. The molecule has 2 N–H and O–H groups in total. The van der Waals surface area contributed by atoms with Crippen LogP contribution in [0.3, 0.4) is 0 Å². The minimum absolute atomic E-state index is 0.0122. The van der Waals surface area contributed by atoms with Crippen molar-refractivity contribution in [1.29, 1.82) is 0 Å². The molecule has 0 aliphatic carbocycles. The van der Waals surface area contributed by atoms with Crippen LogP contribution in [0.15, 0.2) is 10.5 Å². The van der Waals surface area contributed by atoms with Crippen molar-refractivity contribution >= 4 is 15.9 Å². The summed E-state index contributed by atoms with van der Waals surface area (Å²) >= 11 is 3.51. The molecular weight excluding hydrogens is 242 g/mol. The number of hydrogen-bond donors (Lipinski definition) is 1. The monoisotopic (exact) mass is 257 g/mol. The van der Waals surface area contributed by atoms with Gasteiger partial charge in [-0.25, -0.2) is 0 Å². The Balaban J connectivity index is 3.47. The average Bonchev–Trinajstić information content (AvgIpc) is 2.09. The first-order chi connectivity index (χ1) is 6.49. The van der Waals surface area contributed by atoms with Crippen LogP contribution >= 0.6 is 15.9 Å². The van der Waals surface area contributed by atoms with E-state index in [2.05, 4.69) is 28.9 Å². The van der Waals surface area contributed by atoms with Crippen LogP contribution in [-0.2, 0) is 0 Å². The molecule has 78 valence electrons. The first-order valence-corrected chi connectivity index (χ1v) is 5.37. The molecule has 0 bridgehead atoms. The van der Waals surface area contributed by atoms with Gasteiger partial charge in [-0.1, -0.05) is 6.07 Å². The van der Waals surface area contributed by atoms with E-state index in [4.69, 9.17) is 10.5 Å². The maximum absolute atomic E-state index is 5.91. The molecule has 0 radical (unpaired) electrons. The van der Waals surface area contributed by atoms with Crippen LogP contribution in [0.4, 0.5) is 0 Å². The Hall–Kier alpha value is -0.540. The van der Waals surface area contributed by atoms with E-state index in [9.17, 15) is 0 Å². The number of nitrogens with two attached hydrogens (primary N) is 1. The number of benzene rings is 1. The normalized spacial score (nSPS) is 12.7. The van der Waals surface area contributed by atoms with Gasteiger partial charge in [0.05, 0.1) is 11.6 Å². The first kappa shape index (κ1) is 11.5. The van der Waals surface area contributed by atoms with Gasteiger partial charge in [-0.2, -0.15) is 0 Å². The molecule has 0 fully saturated rings. The van der Waals surface area contributed by atoms with Crippen molar-refractivity contribution in [3.8, 4) is 5.75 Å². The maximum Gasteiger partial charge on any atom is 0.138 e. The van der Waals surface area contributed by atoms with Gasteiger partial charge in [0.1, 0.15) is 5.75 Å². The van der Waals surface area contributed by atoms with Gasteiger partial charge in [0.15, 0.2) is 0 Å². The summed E-state index contributed by atoms with van der Waals surface area (Å²) in [6.07, 6.45) is 0. The summed E-state index contributed by atoms with van der Waals surface area (Å²) in [6.45, 7) is 6.07. The van der Waals surface area contributed by atoms with Gasteiger partial charge in [0, 0.05) is 11.6 Å². The minimum atomic E-state index is -0.0122. The van der Waals surface area contributed by atoms with Gasteiger partial charge in [-0.05, 0) is 47.8 Å². The van der Waals surface area contributed by atoms with E-state index >= 15 is 0 Å². The zero-order valence-corrected chi connectivity index (χ0v) is 10.6. The van der Waals surface area contributed by atoms with Crippen molar-refractivity contribution < 1.29 is 4.74 Å². The quantitative estimate of drug-likeness (QED) is 0.884. The van der Waals surface area contributed by atoms with E-state index in [-0.39, 0.29) is 6.04 Å². The Kier molecular flexibility index (Phi) is 3.56. The number of methoxy groups -OCH3 is 1. The smallest absolute Gasteiger partial charge is 0.138 e. The van der Waals surface area contributed by atoms with Gasteiger partial charge >= 0.3 is 0 Å². The molecule has 14 heavy (non-hydrogen) atoms. The lowest BCUT2D eigenvalue weighted by atomic mass is 9.99. The fraction of sp³-hybridized carbons (Fsp3) is 0.455. The molecule has 0 aliphatic rings. The van der Waals surface area contributed by atoms with E-state index in [0.29, 0.717) is 0 Å². The lowest BCUT2D eigenvalue weighted by molar-refractivity contribution is 0.403. The SMILES string of the molecule is COc1c(Br)c(C)cc(C)c1C(C)N. The highest BCUT2D eigenvalue weighted by Crippen LogP contribution is 2.37. The summed E-state index contributed by atoms with van der Waals surface area (Å²) < 4.78 is 6.37. The van der Waals surface area contributed by atoms with Crippen molar-refractivity contribution in [3.63, 3.8) is 0 Å². The standard InChI is InChI=1S/C11H16BrNO/c1-6-5-7(2)10(12)11(14-4)9(6)8(3)13/h5,8H,13H2,1-4H3. The van der Waals surface area contributed by atoms with Crippen molar-refractivity contribution in [2.24, 2.45) is 5.73 Å². The molecule has 0 saturated carbocycles. The number of aryl methyl sites for hydroxylation is 2. The van der Waals surface area contributed by atoms with Crippen LogP contribution in [0, 0.1) is 13.8 Å². The molecule has 1 aromatic rings. The second kappa shape index (κ2) is 4.32. The lowest BCUT2D eigenvalue weighted by Crippen LogP contribution is -2.10. The van der Waals surface area contributed by atoms with Crippen LogP contribution in [0.25, 0.3) is 0 Å². The summed E-state index contributed by atoms with van der Waals surface area (Å²) in [6, 6.07) is 2.10. The van der Waals surface area contributed by atoms with Crippen molar-refractivity contribution in [1.82, 2.24) is 0 Å². The van der Waals surface area contributed by atoms with Crippen molar-refractivity contribution in [2.75, 3.05) is 7.11 Å². The highest BCUT2D eigenvalue weighted by molar-refractivity contribution is 9.10. The van der Waals surface area contributed by atoms with E-state index in [1.165, 1.54) is 11.1 Å². The van der Waals surface area contributed by atoms with Gasteiger partial charge in [0.2, 0.25) is 0 Å². The van der Waals surface area contributed by atoms with Gasteiger partial charge in [-0.3, -0.25) is 0 Å². The van der Waals surface area contributed by atoms with Crippen LogP contribution in [0.1, 0.15) is 29.7 Å². The zero-order valence-electron chi connectivity index (χ0n) is 9.02. The Morgan fingerprint density at radius 3 is 2.36 bits per heavy atom. The summed E-state index contributed by atoms with van der Waals surface area (Å²) in [5, 5.41) is 0. The second-order valence-electron chi connectivity index (χ2n) is 3.56. The summed E-state index contributed by atoms with van der Waals surface area (Å²) in [7, 11) is 1.67. The third kappa shape index (κ3) is 1.93. The molecule has 1 rings (SSSR count). The number of ether oxygens (including phenoxy) is 1. The molecule has 0 aliphatic heterocycles. The fourth-order valence-electron chi connectivity index (χ4n) is 1.71. The van der Waals surface area contributed by atoms with Crippen molar-refractivity contribution in [3.05, 3.63) is 27.2 Å². The van der Waals surface area contributed by atoms with Crippen LogP contribution in [0.5, 0.6) is 5.75 Å². The second-order valence-corrected chi connectivity index (χ2v) is 4.35. The first-order valence-electron chi connectivity index (χ1n) is 4.58. The molecule has 0 spiro atoms. The molecule has 1 unspecified atom stereocenters. The number of hydrogen-bond acceptors (Lipinski definition) is 2. The van der Waals surface area contributed by atoms with E-state index in [1.54, 1.807) is 7.11 Å². The number of rotatable bonds is 2. The predicted molar refractivity (Wildman–Crippen MR) is 62.8 cm³/mol. The molecule has 0 aromatic heterocycles. The Labute approximate surface area is 93.6 Å². The number of halogens is 1. The summed E-state index contributed by atoms with van der Waals surface area (Å²) in [5.41, 5.74) is 9.33. The van der Waals surface area contributed by atoms with Gasteiger partial charge in [0.25, 0.3) is 0 Å². The molecule has 1 aromatic carbocycles. The largest absolute Gasteiger partial charge is 0.495 e. The topological polar surface area (TPSA) is 35.2 Å². The van der Waals surface area contributed by atoms with Crippen molar-refractivity contribution in [2.45, 2.75) is 26.8 Å². The Morgan fingerprint density at radius 2 is 1.93 bits per heavy atom. The third-order valence-electron chi connectivity index (χ3n) is 2.31. The molecule has 1 atom stereocenters. The van der Waals surface area contributed by atoms with E-state index in [1.807, 2.05) is 13.8 Å². The van der Waals surface area contributed by atoms with E-state index in [0.717, 1.165) is 15.8 Å². The molecule has 2 nitrogen and oxygen atoms in total. The highest BCUT2D eigenvalue weighted by Gasteiger charge is 2.15. The molecule has 0 saturated heterocycles. The lowest BCUT2D eigenvalue weighted by Gasteiger charge is -2.17. The minimum Gasteiger partial charge on any atom is -0.495 e. The zero-order chi connectivity index (χ0) is 10.9. The van der Waals surface area contributed by atoms with Crippen LogP contribution in [-0.4, -0.2) is 7.11 Å². The van der Waals surface area contributed by atoms with E-state index < -0.39 is 0 Å². The molecule has 0 heterocycles. The van der Waals surface area contributed by atoms with Crippen LogP contribution in [0.2, 0.25) is 0 Å².